The molecule has 1 unspecified atom stereocenters. The summed E-state index contributed by atoms with van der Waals surface area (Å²) in [4.78, 5) is 25.2. The molecule has 0 aliphatic carbocycles. The lowest BCUT2D eigenvalue weighted by atomic mass is 10.1. The highest BCUT2D eigenvalue weighted by Crippen LogP contribution is 2.16. The van der Waals surface area contributed by atoms with Gasteiger partial charge in [0.15, 0.2) is 16.4 Å². The van der Waals surface area contributed by atoms with Gasteiger partial charge in [-0.25, -0.2) is 13.2 Å². The van der Waals surface area contributed by atoms with Gasteiger partial charge in [0.25, 0.3) is 5.91 Å². The van der Waals surface area contributed by atoms with E-state index in [1.807, 2.05) is 0 Å². The van der Waals surface area contributed by atoms with Crippen molar-refractivity contribution in [3.05, 3.63) is 35.4 Å². The molecule has 0 spiro atoms. The maximum atomic E-state index is 12.0. The lowest BCUT2D eigenvalue weighted by Crippen LogP contribution is -2.40. The number of carbonyl (C=O) groups is 2. The van der Waals surface area contributed by atoms with Crippen molar-refractivity contribution < 1.29 is 27.9 Å². The molecule has 8 heteroatoms. The molecule has 1 atom stereocenters. The van der Waals surface area contributed by atoms with Gasteiger partial charge in [-0.15, -0.1) is 0 Å². The van der Waals surface area contributed by atoms with Crippen molar-refractivity contribution in [1.29, 1.82) is 0 Å². The lowest BCUT2D eigenvalue weighted by Gasteiger charge is -2.23. The number of likely N-dealkylation sites (N-methyl/N-ethyl adjacent to an activating group) is 1. The standard InChI is InChI=1S/C15H19NO6S/c1-16(13-6-7-23(20,21)10-13)14(18)9-22-15(19)12-4-2-11(8-17)3-5-12/h2-5,13,17H,6-10H2,1H3. The van der Waals surface area contributed by atoms with Crippen molar-refractivity contribution in [2.75, 3.05) is 25.2 Å². The Morgan fingerprint density at radius 1 is 1.30 bits per heavy atom. The highest BCUT2D eigenvalue weighted by molar-refractivity contribution is 7.91. The third-order valence-electron chi connectivity index (χ3n) is 3.85. The monoisotopic (exact) mass is 341 g/mol. The molecule has 2 rings (SSSR count). The van der Waals surface area contributed by atoms with Crippen LogP contribution in [0.5, 0.6) is 0 Å². The van der Waals surface area contributed by atoms with Gasteiger partial charge in [-0.2, -0.15) is 0 Å². The first kappa shape index (κ1) is 17.4. The molecule has 0 saturated carbocycles. The summed E-state index contributed by atoms with van der Waals surface area (Å²) in [6.45, 7) is -0.559. The number of benzene rings is 1. The van der Waals surface area contributed by atoms with Gasteiger partial charge in [-0.3, -0.25) is 4.79 Å². The van der Waals surface area contributed by atoms with E-state index in [9.17, 15) is 18.0 Å². The van der Waals surface area contributed by atoms with Crippen molar-refractivity contribution in [3.63, 3.8) is 0 Å². The zero-order chi connectivity index (χ0) is 17.0. The highest BCUT2D eigenvalue weighted by atomic mass is 32.2. The van der Waals surface area contributed by atoms with Gasteiger partial charge < -0.3 is 14.7 Å². The summed E-state index contributed by atoms with van der Waals surface area (Å²) in [7, 11) is -1.57. The molecular weight excluding hydrogens is 322 g/mol. The number of ether oxygens (including phenoxy) is 1. The van der Waals surface area contributed by atoms with E-state index in [-0.39, 0.29) is 29.7 Å². The molecular formula is C15H19NO6S. The summed E-state index contributed by atoms with van der Waals surface area (Å²) in [6, 6.07) is 5.83. The normalized spacial score (nSPS) is 19.3. The molecule has 1 amide bonds. The Bertz CT molecular complexity index is 682. The maximum Gasteiger partial charge on any atom is 0.338 e. The molecule has 1 aliphatic rings. The summed E-state index contributed by atoms with van der Waals surface area (Å²) in [5.74, 6) is -1.05. The van der Waals surface area contributed by atoms with Crippen LogP contribution in [0.3, 0.4) is 0 Å². The second-order valence-electron chi connectivity index (χ2n) is 5.49. The predicted molar refractivity (Wildman–Crippen MR) is 82.5 cm³/mol. The van der Waals surface area contributed by atoms with Gasteiger partial charge in [0.05, 0.1) is 23.7 Å². The zero-order valence-electron chi connectivity index (χ0n) is 12.8. The molecule has 0 radical (unpaired) electrons. The van der Waals surface area contributed by atoms with Gasteiger partial charge >= 0.3 is 5.97 Å². The molecule has 1 saturated heterocycles. The van der Waals surface area contributed by atoms with Crippen molar-refractivity contribution in [2.45, 2.75) is 19.1 Å². The van der Waals surface area contributed by atoms with Gasteiger partial charge in [-0.1, -0.05) is 12.1 Å². The highest BCUT2D eigenvalue weighted by Gasteiger charge is 2.32. The molecule has 1 fully saturated rings. The van der Waals surface area contributed by atoms with Crippen LogP contribution < -0.4 is 0 Å². The first-order valence-corrected chi connectivity index (χ1v) is 8.97. The van der Waals surface area contributed by atoms with Crippen LogP contribution in [0.2, 0.25) is 0 Å². The summed E-state index contributed by atoms with van der Waals surface area (Å²) in [6.07, 6.45) is 0.404. The lowest BCUT2D eigenvalue weighted by molar-refractivity contribution is -0.134. The SMILES string of the molecule is CN(C(=O)COC(=O)c1ccc(CO)cc1)C1CCS(=O)(=O)C1. The Hall–Kier alpha value is -1.93. The maximum absolute atomic E-state index is 12.0. The summed E-state index contributed by atoms with van der Waals surface area (Å²) < 4.78 is 27.8. The topological polar surface area (TPSA) is 101 Å². The Morgan fingerprint density at radius 3 is 2.48 bits per heavy atom. The van der Waals surface area contributed by atoms with Crippen LogP contribution in [0.1, 0.15) is 22.3 Å². The smallest absolute Gasteiger partial charge is 0.338 e. The van der Waals surface area contributed by atoms with E-state index in [1.54, 1.807) is 12.1 Å². The molecule has 1 N–H and O–H groups in total. The Balaban J connectivity index is 1.86. The molecule has 1 aromatic carbocycles. The summed E-state index contributed by atoms with van der Waals surface area (Å²) >= 11 is 0. The second kappa shape index (κ2) is 7.10. The number of esters is 1. The number of aliphatic hydroxyl groups is 1. The van der Waals surface area contributed by atoms with Crippen LogP contribution in [-0.4, -0.2) is 61.5 Å². The average molecular weight is 341 g/mol. The first-order chi connectivity index (χ1) is 10.8. The molecule has 0 bridgehead atoms. The Morgan fingerprint density at radius 2 is 1.96 bits per heavy atom. The van der Waals surface area contributed by atoms with Crippen molar-refractivity contribution in [2.24, 2.45) is 0 Å². The quantitative estimate of drug-likeness (QED) is 0.756. The molecule has 0 aromatic heterocycles. The predicted octanol–water partition coefficient (Wildman–Crippen LogP) is -0.0188. The minimum absolute atomic E-state index is 0.0498. The third-order valence-corrected chi connectivity index (χ3v) is 5.60. The van der Waals surface area contributed by atoms with Gasteiger partial charge in [-0.05, 0) is 24.1 Å². The number of sulfone groups is 1. The zero-order valence-corrected chi connectivity index (χ0v) is 13.6. The summed E-state index contributed by atoms with van der Waals surface area (Å²) in [5, 5.41) is 8.94. The largest absolute Gasteiger partial charge is 0.452 e. The molecule has 1 aliphatic heterocycles. The molecule has 1 aromatic rings. The van der Waals surface area contributed by atoms with Gasteiger partial charge in [0, 0.05) is 13.1 Å². The fourth-order valence-corrected chi connectivity index (χ4v) is 4.12. The number of rotatable bonds is 5. The van der Waals surface area contributed by atoms with E-state index < -0.39 is 28.3 Å². The fourth-order valence-electron chi connectivity index (χ4n) is 2.34. The van der Waals surface area contributed by atoms with Crippen LogP contribution in [0.25, 0.3) is 0 Å². The van der Waals surface area contributed by atoms with E-state index >= 15 is 0 Å². The number of amides is 1. The van der Waals surface area contributed by atoms with E-state index in [1.165, 1.54) is 24.1 Å². The molecule has 23 heavy (non-hydrogen) atoms. The average Bonchev–Trinajstić information content (AvgIpc) is 2.91. The fraction of sp³-hybridized carbons (Fsp3) is 0.467. The Kier molecular flexibility index (Phi) is 5.38. The first-order valence-electron chi connectivity index (χ1n) is 7.15. The molecule has 126 valence electrons. The van der Waals surface area contributed by atoms with Gasteiger partial charge in [0.1, 0.15) is 0 Å². The van der Waals surface area contributed by atoms with Crippen molar-refractivity contribution >= 4 is 21.7 Å². The Labute approximate surface area is 134 Å². The summed E-state index contributed by atoms with van der Waals surface area (Å²) in [5.41, 5.74) is 0.945. The number of hydrogen-bond acceptors (Lipinski definition) is 6. The van der Waals surface area contributed by atoms with Crippen molar-refractivity contribution in [1.82, 2.24) is 4.90 Å². The second-order valence-corrected chi connectivity index (χ2v) is 7.72. The minimum Gasteiger partial charge on any atom is -0.452 e. The van der Waals surface area contributed by atoms with Crippen LogP contribution in [-0.2, 0) is 26.0 Å². The van der Waals surface area contributed by atoms with Crippen molar-refractivity contribution in [3.8, 4) is 0 Å². The number of hydrogen-bond donors (Lipinski definition) is 1. The van der Waals surface area contributed by atoms with Crippen LogP contribution >= 0.6 is 0 Å². The van der Waals surface area contributed by atoms with Crippen LogP contribution in [0.4, 0.5) is 0 Å². The van der Waals surface area contributed by atoms with E-state index in [4.69, 9.17) is 9.84 Å². The van der Waals surface area contributed by atoms with E-state index in [2.05, 4.69) is 0 Å². The number of aliphatic hydroxyl groups excluding tert-OH is 1. The minimum atomic E-state index is -3.08. The molecule has 1 heterocycles. The molecule has 7 nitrogen and oxygen atoms in total. The number of carbonyl (C=O) groups excluding carboxylic acids is 2. The number of nitrogens with zero attached hydrogens (tertiary/aromatic N) is 1. The van der Waals surface area contributed by atoms with Crippen LogP contribution in [0.15, 0.2) is 24.3 Å². The van der Waals surface area contributed by atoms with E-state index in [0.29, 0.717) is 12.0 Å². The third kappa shape index (κ3) is 4.52. The van der Waals surface area contributed by atoms with Crippen LogP contribution in [0, 0.1) is 0 Å². The van der Waals surface area contributed by atoms with E-state index in [0.717, 1.165) is 0 Å². The van der Waals surface area contributed by atoms with Gasteiger partial charge in [0.2, 0.25) is 0 Å².